The molecule has 2 N–H and O–H groups in total. The zero-order valence-electron chi connectivity index (χ0n) is 8.11. The Labute approximate surface area is 105 Å². The molecule has 16 heavy (non-hydrogen) atoms. The van der Waals surface area contributed by atoms with Crippen molar-refractivity contribution in [3.63, 3.8) is 0 Å². The molecule has 1 aliphatic heterocycles. The maximum Gasteiger partial charge on any atom is 0.247 e. The van der Waals surface area contributed by atoms with Crippen molar-refractivity contribution in [2.75, 3.05) is 6.54 Å². The van der Waals surface area contributed by atoms with Crippen LogP contribution in [0.15, 0.2) is 22.7 Å². The Hall–Kier alpha value is -0.690. The minimum atomic E-state index is -0.702. The number of nitrogens with zero attached hydrogens (tertiary/aromatic N) is 1. The van der Waals surface area contributed by atoms with Crippen molar-refractivity contribution in [1.82, 2.24) is 10.9 Å². The van der Waals surface area contributed by atoms with Crippen molar-refractivity contribution in [3.05, 3.63) is 43.4 Å². The first-order chi connectivity index (χ1) is 7.59. The summed E-state index contributed by atoms with van der Waals surface area (Å²) in [5.74, 6) is 0. The number of benzene rings is 1. The molecule has 1 aromatic rings. The van der Waals surface area contributed by atoms with E-state index in [-0.39, 0.29) is 4.92 Å². The third kappa shape index (κ3) is 2.20. The predicted molar refractivity (Wildman–Crippen MR) is 63.8 cm³/mol. The van der Waals surface area contributed by atoms with Gasteiger partial charge < -0.3 is 0 Å². The van der Waals surface area contributed by atoms with Crippen LogP contribution >= 0.6 is 27.5 Å². The average molecular weight is 307 g/mol. The summed E-state index contributed by atoms with van der Waals surface area (Å²) in [5.41, 5.74) is 6.38. The van der Waals surface area contributed by atoms with Crippen LogP contribution in [0.25, 0.3) is 0 Å². The molecule has 1 fully saturated rings. The number of hydrogen-bond acceptors (Lipinski definition) is 4. The lowest BCUT2D eigenvalue weighted by atomic mass is 10.0. The minimum absolute atomic E-state index is 0.292. The van der Waals surface area contributed by atoms with Crippen LogP contribution in [0, 0.1) is 10.1 Å². The van der Waals surface area contributed by atoms with E-state index in [1.54, 1.807) is 18.2 Å². The van der Waals surface area contributed by atoms with E-state index in [2.05, 4.69) is 26.8 Å². The number of hydrogen-bond donors (Lipinski definition) is 2. The summed E-state index contributed by atoms with van der Waals surface area (Å²) in [7, 11) is 0. The van der Waals surface area contributed by atoms with Gasteiger partial charge in [-0.3, -0.25) is 15.5 Å². The third-order valence-corrected chi connectivity index (χ3v) is 3.35. The maximum absolute atomic E-state index is 10.9. The predicted octanol–water partition coefficient (Wildman–Crippen LogP) is 1.90. The van der Waals surface area contributed by atoms with Crippen LogP contribution in [0.2, 0.25) is 5.02 Å². The quantitative estimate of drug-likeness (QED) is 0.647. The normalized spacial score (nSPS) is 24.6. The molecular formula is C9H9BrClN3O2. The summed E-state index contributed by atoms with van der Waals surface area (Å²) in [6.45, 7) is 0.292. The fraction of sp³-hybridized carbons (Fsp3) is 0.333. The number of nitro groups is 1. The van der Waals surface area contributed by atoms with E-state index in [9.17, 15) is 10.1 Å². The Kier molecular flexibility index (Phi) is 3.44. The monoisotopic (exact) mass is 305 g/mol. The van der Waals surface area contributed by atoms with Gasteiger partial charge in [-0.15, -0.1) is 0 Å². The standard InChI is InChI=1S/C9H9BrClN3O2/c10-5-1-2-7(11)6(3-5)9-8(14(15)16)4-12-13-9/h1-3,8-9,12-13H,4H2. The van der Waals surface area contributed by atoms with E-state index < -0.39 is 12.1 Å². The summed E-state index contributed by atoms with van der Waals surface area (Å²) in [6, 6.07) is 4.21. The SMILES string of the molecule is O=[N+]([O-])C1CNNC1c1cc(Br)ccc1Cl. The van der Waals surface area contributed by atoms with Gasteiger partial charge in [-0.25, -0.2) is 5.43 Å². The first-order valence-electron chi connectivity index (χ1n) is 4.66. The first-order valence-corrected chi connectivity index (χ1v) is 5.83. The molecule has 0 spiro atoms. The highest BCUT2D eigenvalue weighted by Crippen LogP contribution is 2.30. The fourth-order valence-electron chi connectivity index (χ4n) is 1.72. The van der Waals surface area contributed by atoms with Crippen LogP contribution in [-0.2, 0) is 0 Å². The highest BCUT2D eigenvalue weighted by molar-refractivity contribution is 9.10. The molecule has 1 aliphatic rings. The largest absolute Gasteiger partial charge is 0.264 e. The van der Waals surface area contributed by atoms with Gasteiger partial charge in [0.25, 0.3) is 0 Å². The lowest BCUT2D eigenvalue weighted by Gasteiger charge is -2.14. The molecule has 0 aromatic heterocycles. The highest BCUT2D eigenvalue weighted by Gasteiger charge is 2.38. The van der Waals surface area contributed by atoms with Gasteiger partial charge in [0.2, 0.25) is 6.04 Å². The van der Waals surface area contributed by atoms with E-state index >= 15 is 0 Å². The van der Waals surface area contributed by atoms with Crippen molar-refractivity contribution < 1.29 is 4.92 Å². The fourth-order valence-corrected chi connectivity index (χ4v) is 2.34. The van der Waals surface area contributed by atoms with Gasteiger partial charge in [0.05, 0.1) is 6.54 Å². The van der Waals surface area contributed by atoms with Crippen molar-refractivity contribution in [2.24, 2.45) is 0 Å². The summed E-state index contributed by atoms with van der Waals surface area (Å²) in [5, 5.41) is 11.4. The lowest BCUT2D eigenvalue weighted by molar-refractivity contribution is -0.520. The average Bonchev–Trinajstić information content (AvgIpc) is 2.70. The van der Waals surface area contributed by atoms with Gasteiger partial charge in [0.15, 0.2) is 0 Å². The molecule has 7 heteroatoms. The molecule has 1 aromatic carbocycles. The van der Waals surface area contributed by atoms with Crippen LogP contribution in [0.4, 0.5) is 0 Å². The van der Waals surface area contributed by atoms with Gasteiger partial charge >= 0.3 is 0 Å². The summed E-state index contributed by atoms with van der Waals surface area (Å²) in [6.07, 6.45) is 0. The smallest absolute Gasteiger partial charge is 0.247 e. The Morgan fingerprint density at radius 2 is 2.31 bits per heavy atom. The molecule has 86 valence electrons. The van der Waals surface area contributed by atoms with Crippen molar-refractivity contribution in [1.29, 1.82) is 0 Å². The Morgan fingerprint density at radius 3 is 3.00 bits per heavy atom. The molecule has 0 saturated carbocycles. The molecule has 0 radical (unpaired) electrons. The minimum Gasteiger partial charge on any atom is -0.264 e. The van der Waals surface area contributed by atoms with Gasteiger partial charge in [-0.1, -0.05) is 27.5 Å². The van der Waals surface area contributed by atoms with Crippen molar-refractivity contribution >= 4 is 27.5 Å². The Bertz CT molecular complexity index is 429. The van der Waals surface area contributed by atoms with E-state index in [1.165, 1.54) is 0 Å². The van der Waals surface area contributed by atoms with Crippen LogP contribution < -0.4 is 10.9 Å². The van der Waals surface area contributed by atoms with Gasteiger partial charge in [0.1, 0.15) is 6.04 Å². The van der Waals surface area contributed by atoms with Crippen LogP contribution in [0.5, 0.6) is 0 Å². The summed E-state index contributed by atoms with van der Waals surface area (Å²) < 4.78 is 0.850. The molecule has 0 bridgehead atoms. The second-order valence-corrected chi connectivity index (χ2v) is 4.84. The van der Waals surface area contributed by atoms with Gasteiger partial charge in [-0.05, 0) is 23.8 Å². The van der Waals surface area contributed by atoms with E-state index in [0.29, 0.717) is 11.6 Å². The zero-order valence-corrected chi connectivity index (χ0v) is 10.5. The maximum atomic E-state index is 10.9. The first kappa shape index (κ1) is 11.8. The molecule has 5 nitrogen and oxygen atoms in total. The van der Waals surface area contributed by atoms with Crippen molar-refractivity contribution in [3.8, 4) is 0 Å². The Balaban J connectivity index is 2.35. The molecule has 0 amide bonds. The van der Waals surface area contributed by atoms with Crippen LogP contribution in [0.3, 0.4) is 0 Å². The molecule has 1 heterocycles. The third-order valence-electron chi connectivity index (χ3n) is 2.52. The van der Waals surface area contributed by atoms with Crippen LogP contribution in [0.1, 0.15) is 11.6 Å². The summed E-state index contributed by atoms with van der Waals surface area (Å²) >= 11 is 9.36. The molecule has 2 rings (SSSR count). The highest BCUT2D eigenvalue weighted by atomic mass is 79.9. The molecule has 2 unspecified atom stereocenters. The van der Waals surface area contributed by atoms with Crippen LogP contribution in [-0.4, -0.2) is 17.5 Å². The lowest BCUT2D eigenvalue weighted by Crippen LogP contribution is -2.29. The number of hydrazine groups is 1. The number of nitrogens with one attached hydrogen (secondary N) is 2. The Morgan fingerprint density at radius 1 is 1.56 bits per heavy atom. The van der Waals surface area contributed by atoms with Gasteiger partial charge in [0, 0.05) is 14.4 Å². The zero-order chi connectivity index (χ0) is 11.7. The van der Waals surface area contributed by atoms with E-state index in [1.807, 2.05) is 0 Å². The molecule has 1 saturated heterocycles. The molecule has 0 aliphatic carbocycles. The second kappa shape index (κ2) is 4.67. The molecule has 2 atom stereocenters. The van der Waals surface area contributed by atoms with Crippen molar-refractivity contribution in [2.45, 2.75) is 12.1 Å². The van der Waals surface area contributed by atoms with E-state index in [0.717, 1.165) is 10.0 Å². The van der Waals surface area contributed by atoms with E-state index in [4.69, 9.17) is 11.6 Å². The summed E-state index contributed by atoms with van der Waals surface area (Å²) in [4.78, 5) is 10.6. The van der Waals surface area contributed by atoms with Gasteiger partial charge in [-0.2, -0.15) is 0 Å². The topological polar surface area (TPSA) is 67.2 Å². The number of rotatable bonds is 2. The number of halogens is 2. The second-order valence-electron chi connectivity index (χ2n) is 3.52. The molecular weight excluding hydrogens is 297 g/mol.